The molecule has 1 aliphatic heterocycles. The summed E-state index contributed by atoms with van der Waals surface area (Å²) >= 11 is 0. The minimum absolute atomic E-state index is 0.0327. The number of nitro groups is 1. The van der Waals surface area contributed by atoms with E-state index in [1.54, 1.807) is 12.1 Å². The average Bonchev–Trinajstić information content (AvgIpc) is 2.87. The molecular weight excluding hydrogens is 256 g/mol. The molecule has 0 spiro atoms. The van der Waals surface area contributed by atoms with Gasteiger partial charge < -0.3 is 5.43 Å². The highest BCUT2D eigenvalue weighted by Crippen LogP contribution is 2.29. The average molecular weight is 278 g/mol. The highest BCUT2D eigenvalue weighted by molar-refractivity contribution is 5.61. The molecule has 1 saturated heterocycles. The number of hydrazine groups is 1. The van der Waals surface area contributed by atoms with Gasteiger partial charge in [-0.25, -0.2) is 0 Å². The quantitative estimate of drug-likeness (QED) is 0.491. The number of nitrogens with zero attached hydrogens (tertiary/aromatic N) is 2. The van der Waals surface area contributed by atoms with Gasteiger partial charge in [-0.15, -0.1) is 0 Å². The van der Waals surface area contributed by atoms with Crippen LogP contribution < -0.4 is 11.3 Å². The van der Waals surface area contributed by atoms with Crippen LogP contribution in [0.1, 0.15) is 32.3 Å². The molecule has 1 aromatic rings. The molecular formula is C14H22N4O2. The minimum Gasteiger partial charge on any atom is -0.318 e. The Hall–Kier alpha value is -1.66. The van der Waals surface area contributed by atoms with Gasteiger partial charge in [0.2, 0.25) is 0 Å². The van der Waals surface area contributed by atoms with Crippen molar-refractivity contribution < 1.29 is 4.92 Å². The smallest absolute Gasteiger partial charge is 0.293 e. The number of benzene rings is 1. The highest BCUT2D eigenvalue weighted by Gasteiger charge is 2.27. The van der Waals surface area contributed by atoms with E-state index in [9.17, 15) is 10.1 Å². The van der Waals surface area contributed by atoms with Crippen molar-refractivity contribution >= 4 is 11.4 Å². The first-order chi connectivity index (χ1) is 9.52. The van der Waals surface area contributed by atoms with Crippen molar-refractivity contribution in [2.24, 2.45) is 11.8 Å². The maximum atomic E-state index is 11.0. The van der Waals surface area contributed by atoms with Gasteiger partial charge in [0, 0.05) is 18.7 Å². The van der Waals surface area contributed by atoms with Crippen LogP contribution in [0.2, 0.25) is 0 Å². The topological polar surface area (TPSA) is 84.4 Å². The fourth-order valence-electron chi connectivity index (χ4n) is 2.99. The standard InChI is InChI=1S/C14H22N4O2/c1-10(2)13-4-3-7-17(13)9-11-5-6-12(16-15)14(8-11)18(19)20/h5-6,8,10,13,16H,3-4,7,9,15H2,1-2H3. The van der Waals surface area contributed by atoms with E-state index in [0.29, 0.717) is 17.6 Å². The molecule has 0 aliphatic carbocycles. The summed E-state index contributed by atoms with van der Waals surface area (Å²) in [5, 5.41) is 11.0. The molecule has 2 rings (SSSR count). The van der Waals surface area contributed by atoms with Crippen molar-refractivity contribution in [2.75, 3.05) is 12.0 Å². The van der Waals surface area contributed by atoms with Gasteiger partial charge in [0.15, 0.2) is 0 Å². The summed E-state index contributed by atoms with van der Waals surface area (Å²) in [5.41, 5.74) is 3.71. The van der Waals surface area contributed by atoms with Gasteiger partial charge in [0.25, 0.3) is 5.69 Å². The molecule has 0 bridgehead atoms. The Balaban J connectivity index is 2.17. The van der Waals surface area contributed by atoms with Gasteiger partial charge in [0.1, 0.15) is 5.69 Å². The van der Waals surface area contributed by atoms with Gasteiger partial charge in [-0.3, -0.25) is 20.9 Å². The minimum atomic E-state index is -0.400. The van der Waals surface area contributed by atoms with Crippen LogP contribution in [0, 0.1) is 16.0 Å². The molecule has 110 valence electrons. The Morgan fingerprint density at radius 1 is 1.55 bits per heavy atom. The Kier molecular flexibility index (Phi) is 4.57. The van der Waals surface area contributed by atoms with Gasteiger partial charge >= 0.3 is 0 Å². The van der Waals surface area contributed by atoms with E-state index in [0.717, 1.165) is 18.7 Å². The molecule has 0 saturated carbocycles. The van der Waals surface area contributed by atoms with Crippen LogP contribution in [0.25, 0.3) is 0 Å². The predicted octanol–water partition coefficient (Wildman–Crippen LogP) is 2.50. The third-order valence-electron chi connectivity index (χ3n) is 3.98. The highest BCUT2D eigenvalue weighted by atomic mass is 16.6. The molecule has 3 N–H and O–H groups in total. The maximum Gasteiger partial charge on any atom is 0.293 e. The summed E-state index contributed by atoms with van der Waals surface area (Å²) in [6, 6.07) is 5.76. The zero-order valence-corrected chi connectivity index (χ0v) is 12.0. The fourth-order valence-corrected chi connectivity index (χ4v) is 2.99. The lowest BCUT2D eigenvalue weighted by atomic mass is 10.0. The molecule has 0 aromatic heterocycles. The maximum absolute atomic E-state index is 11.0. The molecule has 0 amide bonds. The largest absolute Gasteiger partial charge is 0.318 e. The van der Waals surface area contributed by atoms with Crippen molar-refractivity contribution in [3.8, 4) is 0 Å². The van der Waals surface area contributed by atoms with Crippen molar-refractivity contribution in [3.05, 3.63) is 33.9 Å². The van der Waals surface area contributed by atoms with E-state index in [-0.39, 0.29) is 5.69 Å². The lowest BCUT2D eigenvalue weighted by Gasteiger charge is -2.27. The van der Waals surface area contributed by atoms with Crippen LogP contribution in [0.4, 0.5) is 11.4 Å². The van der Waals surface area contributed by atoms with Crippen LogP contribution in [-0.2, 0) is 6.54 Å². The van der Waals surface area contributed by atoms with Crippen LogP contribution in [0.15, 0.2) is 18.2 Å². The molecule has 20 heavy (non-hydrogen) atoms. The first-order valence-electron chi connectivity index (χ1n) is 7.01. The second-order valence-electron chi connectivity index (χ2n) is 5.68. The molecule has 1 atom stereocenters. The predicted molar refractivity (Wildman–Crippen MR) is 79.2 cm³/mol. The fraction of sp³-hybridized carbons (Fsp3) is 0.571. The normalized spacial score (nSPS) is 19.5. The number of nitrogens with one attached hydrogen (secondary N) is 1. The number of nitro benzene ring substituents is 1. The van der Waals surface area contributed by atoms with E-state index in [1.807, 2.05) is 6.07 Å². The first-order valence-corrected chi connectivity index (χ1v) is 7.01. The Morgan fingerprint density at radius 2 is 2.30 bits per heavy atom. The summed E-state index contributed by atoms with van der Waals surface area (Å²) < 4.78 is 0. The monoisotopic (exact) mass is 278 g/mol. The summed E-state index contributed by atoms with van der Waals surface area (Å²) in [7, 11) is 0. The lowest BCUT2D eigenvalue weighted by molar-refractivity contribution is -0.384. The Bertz CT molecular complexity index is 490. The van der Waals surface area contributed by atoms with E-state index < -0.39 is 4.92 Å². The molecule has 6 nitrogen and oxygen atoms in total. The van der Waals surface area contributed by atoms with Crippen molar-refractivity contribution in [2.45, 2.75) is 39.3 Å². The molecule has 0 radical (unpaired) electrons. The van der Waals surface area contributed by atoms with Crippen molar-refractivity contribution in [1.82, 2.24) is 4.90 Å². The van der Waals surface area contributed by atoms with Gasteiger partial charge in [-0.05, 0) is 36.9 Å². The molecule has 1 fully saturated rings. The van der Waals surface area contributed by atoms with E-state index in [4.69, 9.17) is 5.84 Å². The molecule has 1 unspecified atom stereocenters. The second-order valence-corrected chi connectivity index (χ2v) is 5.68. The summed E-state index contributed by atoms with van der Waals surface area (Å²) in [6.45, 7) is 6.28. The number of nitrogen functional groups attached to an aromatic ring is 1. The van der Waals surface area contributed by atoms with Gasteiger partial charge in [-0.2, -0.15) is 0 Å². The number of anilines is 1. The van der Waals surface area contributed by atoms with Gasteiger partial charge in [-0.1, -0.05) is 19.9 Å². The van der Waals surface area contributed by atoms with Crippen LogP contribution in [0.3, 0.4) is 0 Å². The number of hydrogen-bond acceptors (Lipinski definition) is 5. The Morgan fingerprint density at radius 3 is 2.90 bits per heavy atom. The lowest BCUT2D eigenvalue weighted by Crippen LogP contribution is -2.32. The summed E-state index contributed by atoms with van der Waals surface area (Å²) in [4.78, 5) is 13.1. The number of nitrogens with two attached hydrogens (primary N) is 1. The van der Waals surface area contributed by atoms with Crippen LogP contribution in [-0.4, -0.2) is 22.4 Å². The first kappa shape index (κ1) is 14.7. The van der Waals surface area contributed by atoms with E-state index in [1.165, 1.54) is 12.8 Å². The SMILES string of the molecule is CC(C)C1CCCN1Cc1ccc(NN)c([N+](=O)[O-])c1. The van der Waals surface area contributed by atoms with E-state index >= 15 is 0 Å². The van der Waals surface area contributed by atoms with Crippen LogP contribution >= 0.6 is 0 Å². The molecule has 1 aromatic carbocycles. The summed E-state index contributed by atoms with van der Waals surface area (Å²) in [5.74, 6) is 5.91. The van der Waals surface area contributed by atoms with E-state index in [2.05, 4.69) is 24.2 Å². The molecule has 6 heteroatoms. The molecule has 1 heterocycles. The summed E-state index contributed by atoms with van der Waals surface area (Å²) in [6.07, 6.45) is 2.41. The zero-order chi connectivity index (χ0) is 14.7. The zero-order valence-electron chi connectivity index (χ0n) is 12.0. The van der Waals surface area contributed by atoms with Gasteiger partial charge in [0.05, 0.1) is 4.92 Å². The number of likely N-dealkylation sites (tertiary alicyclic amines) is 1. The third kappa shape index (κ3) is 3.08. The molecule has 1 aliphatic rings. The van der Waals surface area contributed by atoms with Crippen LogP contribution in [0.5, 0.6) is 0 Å². The van der Waals surface area contributed by atoms with Crippen molar-refractivity contribution in [1.29, 1.82) is 0 Å². The third-order valence-corrected chi connectivity index (χ3v) is 3.98. The number of rotatable bonds is 5. The second kappa shape index (κ2) is 6.19. The van der Waals surface area contributed by atoms with Crippen molar-refractivity contribution in [3.63, 3.8) is 0 Å². The number of hydrogen-bond donors (Lipinski definition) is 2. The Labute approximate surface area is 119 Å².